The van der Waals surface area contributed by atoms with Crippen molar-refractivity contribution in [3.63, 3.8) is 0 Å². The van der Waals surface area contributed by atoms with E-state index in [1.165, 1.54) is 32.4 Å². The van der Waals surface area contributed by atoms with Crippen molar-refractivity contribution in [2.24, 2.45) is 0 Å². The smallest absolute Gasteiger partial charge is 0.266 e. The number of benzene rings is 2. The van der Waals surface area contributed by atoms with Crippen LogP contribution in [0.25, 0.3) is 0 Å². The van der Waals surface area contributed by atoms with Crippen molar-refractivity contribution in [1.82, 2.24) is 0 Å². The molecule has 0 N–H and O–H groups in total. The zero-order valence-electron chi connectivity index (χ0n) is 11.1. The normalized spacial score (nSPS) is 11.2. The summed E-state index contributed by atoms with van der Waals surface area (Å²) >= 11 is 0. The number of hydrogen-bond donors (Lipinski definition) is 0. The van der Waals surface area contributed by atoms with Gasteiger partial charge in [0.2, 0.25) is 0 Å². The predicted octanol–water partition coefficient (Wildman–Crippen LogP) is 2.66. The van der Waals surface area contributed by atoms with E-state index in [1.807, 2.05) is 0 Å². The summed E-state index contributed by atoms with van der Waals surface area (Å²) in [6, 6.07) is 11.8. The van der Waals surface area contributed by atoms with Gasteiger partial charge in [-0.05, 0) is 36.4 Å². The molecule has 2 rings (SSSR count). The van der Waals surface area contributed by atoms with Crippen LogP contribution < -0.4 is 9.04 Å². The number of hydrogen-bond acceptors (Lipinski definition) is 3. The predicted molar refractivity (Wildman–Crippen MR) is 75.0 cm³/mol. The monoisotopic (exact) mass is 295 g/mol. The van der Waals surface area contributed by atoms with Crippen LogP contribution >= 0.6 is 0 Å². The molecule has 4 nitrogen and oxygen atoms in total. The molecule has 0 spiro atoms. The van der Waals surface area contributed by atoms with Gasteiger partial charge in [0.15, 0.2) is 0 Å². The summed E-state index contributed by atoms with van der Waals surface area (Å²) in [6.07, 6.45) is 0. The third-order valence-corrected chi connectivity index (χ3v) is 4.73. The lowest BCUT2D eigenvalue weighted by Crippen LogP contribution is -2.27. The molecule has 0 amide bonds. The van der Waals surface area contributed by atoms with Crippen molar-refractivity contribution >= 4 is 15.7 Å². The standard InChI is InChI=1S/C14H14FNO3S/c1-16(11-7-9-12(19-2)10-8-11)20(17,18)14-6-4-3-5-13(14)15/h3-10H,1-2H3. The molecule has 0 aliphatic rings. The molecule has 0 aliphatic heterocycles. The highest BCUT2D eigenvalue weighted by molar-refractivity contribution is 7.92. The number of anilines is 1. The largest absolute Gasteiger partial charge is 0.497 e. The molecule has 0 radical (unpaired) electrons. The van der Waals surface area contributed by atoms with E-state index in [1.54, 1.807) is 24.3 Å². The first kappa shape index (κ1) is 14.3. The second kappa shape index (κ2) is 5.50. The Morgan fingerprint density at radius 3 is 2.20 bits per heavy atom. The Balaban J connectivity index is 2.41. The van der Waals surface area contributed by atoms with E-state index in [-0.39, 0.29) is 4.90 Å². The van der Waals surface area contributed by atoms with Crippen LogP contribution in [0.15, 0.2) is 53.4 Å². The SMILES string of the molecule is COc1ccc(N(C)S(=O)(=O)c2ccccc2F)cc1. The zero-order valence-corrected chi connectivity index (χ0v) is 11.9. The minimum absolute atomic E-state index is 0.349. The van der Waals surface area contributed by atoms with Crippen LogP contribution in [0.3, 0.4) is 0 Å². The van der Waals surface area contributed by atoms with Gasteiger partial charge in [-0.25, -0.2) is 12.8 Å². The van der Waals surface area contributed by atoms with Crippen LogP contribution in [0.5, 0.6) is 5.75 Å². The molecule has 0 bridgehead atoms. The summed E-state index contributed by atoms with van der Waals surface area (Å²) in [5.74, 6) is -0.154. The van der Waals surface area contributed by atoms with E-state index < -0.39 is 15.8 Å². The van der Waals surface area contributed by atoms with Crippen molar-refractivity contribution in [1.29, 1.82) is 0 Å². The Kier molecular flexibility index (Phi) is 3.94. The molecular weight excluding hydrogens is 281 g/mol. The van der Waals surface area contributed by atoms with Crippen LogP contribution in [0, 0.1) is 5.82 Å². The average Bonchev–Trinajstić information content (AvgIpc) is 2.47. The van der Waals surface area contributed by atoms with Crippen molar-refractivity contribution in [3.8, 4) is 5.75 Å². The molecule has 106 valence electrons. The molecule has 0 fully saturated rings. The lowest BCUT2D eigenvalue weighted by atomic mass is 10.3. The fourth-order valence-corrected chi connectivity index (χ4v) is 2.99. The Labute approximate surface area is 117 Å². The summed E-state index contributed by atoms with van der Waals surface area (Å²) in [5, 5.41) is 0. The molecule has 6 heteroatoms. The molecule has 0 atom stereocenters. The summed E-state index contributed by atoms with van der Waals surface area (Å²) in [6.45, 7) is 0. The van der Waals surface area contributed by atoms with E-state index in [4.69, 9.17) is 4.74 Å². The number of sulfonamides is 1. The number of halogens is 1. The Hall–Kier alpha value is -2.08. The molecule has 0 aromatic heterocycles. The third kappa shape index (κ3) is 2.60. The topological polar surface area (TPSA) is 46.6 Å². The molecule has 2 aromatic carbocycles. The Morgan fingerprint density at radius 1 is 1.05 bits per heavy atom. The van der Waals surface area contributed by atoms with E-state index in [2.05, 4.69) is 0 Å². The first-order chi connectivity index (χ1) is 9.46. The van der Waals surface area contributed by atoms with Gasteiger partial charge in [-0.2, -0.15) is 0 Å². The lowest BCUT2D eigenvalue weighted by Gasteiger charge is -2.20. The molecular formula is C14H14FNO3S. The quantitative estimate of drug-likeness (QED) is 0.871. The molecule has 0 heterocycles. The lowest BCUT2D eigenvalue weighted by molar-refractivity contribution is 0.415. The minimum Gasteiger partial charge on any atom is -0.497 e. The van der Waals surface area contributed by atoms with E-state index in [0.29, 0.717) is 11.4 Å². The molecule has 0 saturated heterocycles. The summed E-state index contributed by atoms with van der Waals surface area (Å²) in [7, 11) is -1.02. The van der Waals surface area contributed by atoms with Crippen molar-refractivity contribution in [2.75, 3.05) is 18.5 Å². The van der Waals surface area contributed by atoms with Crippen molar-refractivity contribution in [2.45, 2.75) is 4.90 Å². The Morgan fingerprint density at radius 2 is 1.65 bits per heavy atom. The first-order valence-corrected chi connectivity index (χ1v) is 7.28. The van der Waals surface area contributed by atoms with Gasteiger partial charge < -0.3 is 4.74 Å². The highest BCUT2D eigenvalue weighted by Gasteiger charge is 2.24. The summed E-state index contributed by atoms with van der Waals surface area (Å²) in [4.78, 5) is -0.349. The second-order valence-electron chi connectivity index (χ2n) is 4.10. The molecule has 20 heavy (non-hydrogen) atoms. The maximum Gasteiger partial charge on any atom is 0.266 e. The van der Waals surface area contributed by atoms with E-state index >= 15 is 0 Å². The fraction of sp³-hybridized carbons (Fsp3) is 0.143. The van der Waals surface area contributed by atoms with Gasteiger partial charge in [-0.3, -0.25) is 4.31 Å². The van der Waals surface area contributed by atoms with Gasteiger partial charge >= 0.3 is 0 Å². The van der Waals surface area contributed by atoms with Crippen LogP contribution in [0.4, 0.5) is 10.1 Å². The van der Waals surface area contributed by atoms with Crippen LogP contribution in [-0.4, -0.2) is 22.6 Å². The number of nitrogens with zero attached hydrogens (tertiary/aromatic N) is 1. The van der Waals surface area contributed by atoms with Gasteiger partial charge in [0.05, 0.1) is 12.8 Å². The number of rotatable bonds is 4. The first-order valence-electron chi connectivity index (χ1n) is 5.84. The van der Waals surface area contributed by atoms with E-state index in [0.717, 1.165) is 10.4 Å². The van der Waals surface area contributed by atoms with Gasteiger partial charge in [0, 0.05) is 7.05 Å². The third-order valence-electron chi connectivity index (χ3n) is 2.91. The molecule has 0 aliphatic carbocycles. The number of ether oxygens (including phenoxy) is 1. The van der Waals surface area contributed by atoms with Crippen LogP contribution in [0.1, 0.15) is 0 Å². The molecule has 2 aromatic rings. The minimum atomic E-state index is -3.92. The second-order valence-corrected chi connectivity index (χ2v) is 6.04. The van der Waals surface area contributed by atoms with Gasteiger partial charge in [-0.15, -0.1) is 0 Å². The van der Waals surface area contributed by atoms with Crippen LogP contribution in [-0.2, 0) is 10.0 Å². The molecule has 0 saturated carbocycles. The highest BCUT2D eigenvalue weighted by atomic mass is 32.2. The molecule has 0 unspecified atom stereocenters. The number of methoxy groups -OCH3 is 1. The van der Waals surface area contributed by atoms with Gasteiger partial charge in [0.25, 0.3) is 10.0 Å². The van der Waals surface area contributed by atoms with Gasteiger partial charge in [0.1, 0.15) is 16.5 Å². The Bertz CT molecular complexity index is 699. The van der Waals surface area contributed by atoms with Gasteiger partial charge in [-0.1, -0.05) is 12.1 Å². The maximum atomic E-state index is 13.7. The zero-order chi connectivity index (χ0) is 14.8. The summed E-state index contributed by atoms with van der Waals surface area (Å²) in [5.41, 5.74) is 0.425. The van der Waals surface area contributed by atoms with Crippen molar-refractivity contribution in [3.05, 3.63) is 54.3 Å². The fourth-order valence-electron chi connectivity index (χ4n) is 1.73. The van der Waals surface area contributed by atoms with Crippen LogP contribution in [0.2, 0.25) is 0 Å². The maximum absolute atomic E-state index is 13.7. The summed E-state index contributed by atoms with van der Waals surface area (Å²) < 4.78 is 44.4. The highest BCUT2D eigenvalue weighted by Crippen LogP contribution is 2.25. The average molecular weight is 295 g/mol. The van der Waals surface area contributed by atoms with Crippen molar-refractivity contribution < 1.29 is 17.5 Å². The van der Waals surface area contributed by atoms with E-state index in [9.17, 15) is 12.8 Å².